The lowest BCUT2D eigenvalue weighted by atomic mass is 10.1. The quantitative estimate of drug-likeness (QED) is 0.819. The maximum Gasteiger partial charge on any atom is 0.224 e. The Labute approximate surface area is 148 Å². The van der Waals surface area contributed by atoms with E-state index in [2.05, 4.69) is 21.2 Å². The number of amides is 2. The molecule has 0 aliphatic heterocycles. The smallest absolute Gasteiger partial charge is 0.224 e. The molecular weight excluding hydrogens is 375 g/mol. The second-order valence-corrected chi connectivity index (χ2v) is 6.18. The highest BCUT2D eigenvalue weighted by Crippen LogP contribution is 2.18. The largest absolute Gasteiger partial charge is 0.354 e. The zero-order valence-corrected chi connectivity index (χ0v) is 14.8. The van der Waals surface area contributed by atoms with Gasteiger partial charge in [0.05, 0.1) is 6.42 Å². The number of halogens is 2. The number of rotatable bonds is 6. The summed E-state index contributed by atoms with van der Waals surface area (Å²) in [6.07, 6.45) is -0.0228. The molecule has 24 heavy (non-hydrogen) atoms. The van der Waals surface area contributed by atoms with Crippen LogP contribution in [0.4, 0.5) is 10.1 Å². The van der Waals surface area contributed by atoms with E-state index < -0.39 is 5.82 Å². The summed E-state index contributed by atoms with van der Waals surface area (Å²) in [4.78, 5) is 25.3. The Bertz CT molecular complexity index is 719. The van der Waals surface area contributed by atoms with E-state index in [1.807, 2.05) is 24.3 Å². The van der Waals surface area contributed by atoms with Gasteiger partial charge in [-0.05, 0) is 35.9 Å². The Morgan fingerprint density at radius 2 is 1.79 bits per heavy atom. The van der Waals surface area contributed by atoms with Crippen molar-refractivity contribution in [3.05, 3.63) is 64.4 Å². The van der Waals surface area contributed by atoms with E-state index in [1.54, 1.807) is 23.1 Å². The van der Waals surface area contributed by atoms with Crippen molar-refractivity contribution in [3.63, 3.8) is 0 Å². The van der Waals surface area contributed by atoms with Crippen LogP contribution in [0.15, 0.2) is 53.0 Å². The van der Waals surface area contributed by atoms with E-state index in [4.69, 9.17) is 0 Å². The first-order chi connectivity index (χ1) is 11.5. The van der Waals surface area contributed by atoms with Crippen molar-refractivity contribution in [3.8, 4) is 0 Å². The summed E-state index contributed by atoms with van der Waals surface area (Å²) in [6.45, 7) is 2.12. The summed E-state index contributed by atoms with van der Waals surface area (Å²) in [6, 6.07) is 13.5. The first kappa shape index (κ1) is 18.1. The van der Waals surface area contributed by atoms with Crippen LogP contribution in [-0.4, -0.2) is 24.9 Å². The molecule has 1 N–H and O–H groups in total. The minimum Gasteiger partial charge on any atom is -0.354 e. The number of hydrogen-bond donors (Lipinski definition) is 1. The fourth-order valence-electron chi connectivity index (χ4n) is 2.27. The van der Waals surface area contributed by atoms with Crippen LogP contribution < -0.4 is 10.2 Å². The number of nitrogens with one attached hydrogen (secondary N) is 1. The molecule has 0 fully saturated rings. The van der Waals surface area contributed by atoms with E-state index in [9.17, 15) is 14.0 Å². The second kappa shape index (κ2) is 8.59. The number of carbonyl (C=O) groups is 2. The molecule has 0 unspecified atom stereocenters. The third-order valence-corrected chi connectivity index (χ3v) is 4.01. The van der Waals surface area contributed by atoms with Gasteiger partial charge < -0.3 is 10.2 Å². The summed E-state index contributed by atoms with van der Waals surface area (Å²) in [5.74, 6) is -0.784. The number of hydrogen-bond acceptors (Lipinski definition) is 2. The third-order valence-electron chi connectivity index (χ3n) is 3.48. The Morgan fingerprint density at radius 3 is 2.42 bits per heavy atom. The number of nitrogens with zero attached hydrogens (tertiary/aromatic N) is 1. The molecule has 126 valence electrons. The van der Waals surface area contributed by atoms with Crippen LogP contribution in [0.5, 0.6) is 0 Å². The minimum absolute atomic E-state index is 0.0228. The lowest BCUT2D eigenvalue weighted by molar-refractivity contribution is -0.121. The summed E-state index contributed by atoms with van der Waals surface area (Å²) in [5, 5.41) is 2.72. The summed E-state index contributed by atoms with van der Waals surface area (Å²) in [7, 11) is 0. The van der Waals surface area contributed by atoms with E-state index in [-0.39, 0.29) is 18.2 Å². The van der Waals surface area contributed by atoms with Gasteiger partial charge in [-0.2, -0.15) is 0 Å². The predicted molar refractivity (Wildman–Crippen MR) is 95.3 cm³/mol. The molecule has 0 bridgehead atoms. The van der Waals surface area contributed by atoms with Crippen molar-refractivity contribution in [1.82, 2.24) is 5.32 Å². The van der Waals surface area contributed by atoms with Crippen molar-refractivity contribution in [2.24, 2.45) is 0 Å². The van der Waals surface area contributed by atoms with Crippen molar-refractivity contribution >= 4 is 33.4 Å². The van der Waals surface area contributed by atoms with Crippen molar-refractivity contribution < 1.29 is 14.0 Å². The molecule has 0 aliphatic carbocycles. The maximum absolute atomic E-state index is 13.5. The van der Waals surface area contributed by atoms with Crippen LogP contribution in [0.25, 0.3) is 0 Å². The molecule has 0 radical (unpaired) electrons. The highest BCUT2D eigenvalue weighted by molar-refractivity contribution is 9.10. The lowest BCUT2D eigenvalue weighted by Gasteiger charge is -2.21. The predicted octanol–water partition coefficient (Wildman–Crippen LogP) is 3.30. The Hall–Kier alpha value is -2.21. The van der Waals surface area contributed by atoms with E-state index in [0.29, 0.717) is 18.7 Å². The van der Waals surface area contributed by atoms with Gasteiger partial charge in [0.2, 0.25) is 11.8 Å². The molecular formula is C18H18BrFN2O2. The van der Waals surface area contributed by atoms with E-state index in [0.717, 1.165) is 10.2 Å². The highest BCUT2D eigenvalue weighted by Gasteiger charge is 2.12. The molecule has 0 saturated carbocycles. The van der Waals surface area contributed by atoms with Crippen LogP contribution in [0.3, 0.4) is 0 Å². The average molecular weight is 393 g/mol. The van der Waals surface area contributed by atoms with Crippen molar-refractivity contribution in [2.45, 2.75) is 13.3 Å². The molecule has 2 amide bonds. The topological polar surface area (TPSA) is 49.4 Å². The number of anilines is 1. The van der Waals surface area contributed by atoms with Crippen LogP contribution in [0.1, 0.15) is 12.5 Å². The monoisotopic (exact) mass is 392 g/mol. The van der Waals surface area contributed by atoms with Crippen LogP contribution in [-0.2, 0) is 16.0 Å². The van der Waals surface area contributed by atoms with Gasteiger partial charge in [0.1, 0.15) is 5.82 Å². The molecule has 2 rings (SSSR count). The molecule has 4 nitrogen and oxygen atoms in total. The SMILES string of the molecule is CC(=O)N(CCNC(=O)Cc1ccccc1F)c1ccc(Br)cc1. The number of benzene rings is 2. The molecule has 0 aliphatic rings. The molecule has 0 atom stereocenters. The van der Waals surface area contributed by atoms with Gasteiger partial charge in [-0.1, -0.05) is 34.1 Å². The maximum atomic E-state index is 13.5. The summed E-state index contributed by atoms with van der Waals surface area (Å²) in [5.41, 5.74) is 1.11. The molecule has 0 heterocycles. The Kier molecular flexibility index (Phi) is 6.49. The van der Waals surface area contributed by atoms with Gasteiger partial charge in [0, 0.05) is 30.2 Å². The first-order valence-corrected chi connectivity index (χ1v) is 8.30. The van der Waals surface area contributed by atoms with Gasteiger partial charge in [0.25, 0.3) is 0 Å². The van der Waals surface area contributed by atoms with Crippen LogP contribution in [0, 0.1) is 5.82 Å². The summed E-state index contributed by atoms with van der Waals surface area (Å²) >= 11 is 3.35. The van der Waals surface area contributed by atoms with Gasteiger partial charge in [0.15, 0.2) is 0 Å². The lowest BCUT2D eigenvalue weighted by Crippen LogP contribution is -2.38. The highest BCUT2D eigenvalue weighted by atomic mass is 79.9. The standard InChI is InChI=1S/C18H18BrFN2O2/c1-13(23)22(16-8-6-15(19)7-9-16)11-10-21-18(24)12-14-4-2-3-5-17(14)20/h2-9H,10-12H2,1H3,(H,21,24). The number of carbonyl (C=O) groups excluding carboxylic acids is 2. The molecule has 2 aromatic carbocycles. The van der Waals surface area contributed by atoms with Gasteiger partial charge in [-0.15, -0.1) is 0 Å². The first-order valence-electron chi connectivity index (χ1n) is 7.51. The average Bonchev–Trinajstić information content (AvgIpc) is 2.54. The molecule has 0 saturated heterocycles. The summed E-state index contributed by atoms with van der Waals surface area (Å²) < 4.78 is 14.4. The van der Waals surface area contributed by atoms with E-state index in [1.165, 1.54) is 13.0 Å². The van der Waals surface area contributed by atoms with Crippen molar-refractivity contribution in [2.75, 3.05) is 18.0 Å². The Balaban J connectivity index is 1.89. The Morgan fingerprint density at radius 1 is 1.12 bits per heavy atom. The molecule has 0 spiro atoms. The minimum atomic E-state index is -0.395. The fourth-order valence-corrected chi connectivity index (χ4v) is 2.54. The fraction of sp³-hybridized carbons (Fsp3) is 0.222. The molecule has 6 heteroatoms. The van der Waals surface area contributed by atoms with Crippen LogP contribution in [0.2, 0.25) is 0 Å². The van der Waals surface area contributed by atoms with Crippen LogP contribution >= 0.6 is 15.9 Å². The zero-order chi connectivity index (χ0) is 17.5. The third kappa shape index (κ3) is 5.16. The second-order valence-electron chi connectivity index (χ2n) is 5.27. The van der Waals surface area contributed by atoms with Gasteiger partial charge in [-0.3, -0.25) is 9.59 Å². The van der Waals surface area contributed by atoms with Crippen molar-refractivity contribution in [1.29, 1.82) is 0 Å². The zero-order valence-electron chi connectivity index (χ0n) is 13.3. The van der Waals surface area contributed by atoms with E-state index >= 15 is 0 Å². The van der Waals surface area contributed by atoms with Gasteiger partial charge >= 0.3 is 0 Å². The van der Waals surface area contributed by atoms with Gasteiger partial charge in [-0.25, -0.2) is 4.39 Å². The molecule has 0 aromatic heterocycles. The molecule has 2 aromatic rings. The normalized spacial score (nSPS) is 10.3.